The van der Waals surface area contributed by atoms with E-state index in [1.54, 1.807) is 0 Å². The van der Waals surface area contributed by atoms with Gasteiger partial charge in [-0.2, -0.15) is 0 Å². The number of benzene rings is 2. The second kappa shape index (κ2) is 6.38. The van der Waals surface area contributed by atoms with Gasteiger partial charge in [-0.15, -0.1) is 0 Å². The number of nitrogens with zero attached hydrogens (tertiary/aromatic N) is 1. The van der Waals surface area contributed by atoms with Crippen molar-refractivity contribution in [2.75, 3.05) is 5.32 Å². The number of aromatic nitrogens is 2. The maximum absolute atomic E-state index is 5.39. The molecular weight excluding hydrogens is 304 g/mol. The van der Waals surface area contributed by atoms with Gasteiger partial charge in [0.05, 0.1) is 17.6 Å². The second-order valence-electron chi connectivity index (χ2n) is 5.76. The molecular formula is C18H20N4S. The molecule has 0 radical (unpaired) electrons. The first-order chi connectivity index (χ1) is 11.0. The average molecular weight is 324 g/mol. The van der Waals surface area contributed by atoms with E-state index < -0.39 is 0 Å². The minimum Gasteiger partial charge on any atom is -0.355 e. The second-order valence-corrected chi connectivity index (χ2v) is 6.17. The number of hydrogen-bond acceptors (Lipinski definition) is 2. The Kier molecular flexibility index (Phi) is 4.30. The number of para-hydroxylation sites is 2. The number of imidazole rings is 1. The molecule has 118 valence electrons. The largest absolute Gasteiger partial charge is 0.355 e. The lowest BCUT2D eigenvalue weighted by atomic mass is 10.1. The van der Waals surface area contributed by atoms with Gasteiger partial charge in [-0.3, -0.25) is 0 Å². The van der Waals surface area contributed by atoms with Gasteiger partial charge in [0.15, 0.2) is 5.11 Å². The van der Waals surface area contributed by atoms with E-state index in [0.29, 0.717) is 11.7 Å². The summed E-state index contributed by atoms with van der Waals surface area (Å²) < 4.78 is 0. The predicted molar refractivity (Wildman–Crippen MR) is 99.8 cm³/mol. The molecule has 4 nitrogen and oxygen atoms in total. The minimum atomic E-state index is 0.560. The molecule has 5 heteroatoms. The zero-order valence-corrected chi connectivity index (χ0v) is 14.3. The lowest BCUT2D eigenvalue weighted by molar-refractivity contribution is 0.859. The normalized spacial score (nSPS) is 10.7. The first-order valence-corrected chi connectivity index (χ1v) is 8.00. The number of hydrogen-bond donors (Lipinski definition) is 3. The van der Waals surface area contributed by atoms with E-state index in [9.17, 15) is 0 Å². The fourth-order valence-electron chi connectivity index (χ4n) is 2.52. The Morgan fingerprint density at radius 2 is 1.83 bits per heavy atom. The molecule has 0 bridgehead atoms. The lowest BCUT2D eigenvalue weighted by Gasteiger charge is -2.14. The van der Waals surface area contributed by atoms with E-state index in [0.717, 1.165) is 22.5 Å². The molecule has 1 aromatic heterocycles. The summed E-state index contributed by atoms with van der Waals surface area (Å²) in [7, 11) is 0. The number of thiocarbonyl (C=S) groups is 1. The summed E-state index contributed by atoms with van der Waals surface area (Å²) in [5.41, 5.74) is 6.75. The van der Waals surface area contributed by atoms with Crippen molar-refractivity contribution >= 4 is 34.1 Å². The number of aromatic amines is 1. The standard InChI is InChI=1S/C18H20N4S/c1-11-8-13(3)16(9-12(11)2)22-18(23)19-10-17-20-14-6-4-5-7-15(14)21-17/h4-9H,10H2,1-3H3,(H,20,21)(H2,19,22,23). The topological polar surface area (TPSA) is 52.7 Å². The Labute approximate surface area is 141 Å². The summed E-state index contributed by atoms with van der Waals surface area (Å²) >= 11 is 5.39. The van der Waals surface area contributed by atoms with Crippen LogP contribution in [0.1, 0.15) is 22.5 Å². The van der Waals surface area contributed by atoms with E-state index in [1.165, 1.54) is 16.7 Å². The molecule has 0 spiro atoms. The van der Waals surface area contributed by atoms with Crippen LogP contribution in [0.15, 0.2) is 36.4 Å². The monoisotopic (exact) mass is 324 g/mol. The van der Waals surface area contributed by atoms with E-state index in [2.05, 4.69) is 53.5 Å². The Hall–Kier alpha value is -2.40. The molecule has 0 saturated heterocycles. The van der Waals surface area contributed by atoms with Gasteiger partial charge in [0.1, 0.15) is 5.82 Å². The third-order valence-electron chi connectivity index (χ3n) is 3.94. The van der Waals surface area contributed by atoms with E-state index in [1.807, 2.05) is 24.3 Å². The van der Waals surface area contributed by atoms with Crippen molar-refractivity contribution in [3.8, 4) is 0 Å². The fraction of sp³-hybridized carbons (Fsp3) is 0.222. The van der Waals surface area contributed by atoms with Gasteiger partial charge >= 0.3 is 0 Å². The van der Waals surface area contributed by atoms with Crippen LogP contribution in [0.2, 0.25) is 0 Å². The molecule has 1 heterocycles. The van der Waals surface area contributed by atoms with E-state index in [4.69, 9.17) is 12.2 Å². The van der Waals surface area contributed by atoms with Gasteiger partial charge in [0.2, 0.25) is 0 Å². The van der Waals surface area contributed by atoms with Crippen molar-refractivity contribution in [1.82, 2.24) is 15.3 Å². The first kappa shape index (κ1) is 15.5. The molecule has 3 rings (SSSR count). The summed E-state index contributed by atoms with van der Waals surface area (Å²) in [5, 5.41) is 7.05. The number of aryl methyl sites for hydroxylation is 3. The Morgan fingerprint density at radius 1 is 1.09 bits per heavy atom. The maximum atomic E-state index is 5.39. The summed E-state index contributed by atoms with van der Waals surface area (Å²) in [4.78, 5) is 7.81. The van der Waals surface area contributed by atoms with Crippen molar-refractivity contribution in [1.29, 1.82) is 0 Å². The van der Waals surface area contributed by atoms with Crippen LogP contribution >= 0.6 is 12.2 Å². The quantitative estimate of drug-likeness (QED) is 0.638. The predicted octanol–water partition coefficient (Wildman–Crippen LogP) is 3.97. The first-order valence-electron chi connectivity index (χ1n) is 7.59. The van der Waals surface area contributed by atoms with Crippen LogP contribution in [0.3, 0.4) is 0 Å². The van der Waals surface area contributed by atoms with Crippen LogP contribution in [0.5, 0.6) is 0 Å². The third-order valence-corrected chi connectivity index (χ3v) is 4.19. The van der Waals surface area contributed by atoms with Crippen LogP contribution in [0.4, 0.5) is 5.69 Å². The number of nitrogens with one attached hydrogen (secondary N) is 3. The average Bonchev–Trinajstić information content (AvgIpc) is 2.93. The number of fused-ring (bicyclic) bond motifs is 1. The summed E-state index contributed by atoms with van der Waals surface area (Å²) in [6, 6.07) is 12.3. The van der Waals surface area contributed by atoms with Crippen LogP contribution in [-0.4, -0.2) is 15.1 Å². The molecule has 0 aliphatic heterocycles. The van der Waals surface area contributed by atoms with Gasteiger partial charge in [-0.1, -0.05) is 18.2 Å². The number of rotatable bonds is 3. The van der Waals surface area contributed by atoms with Crippen molar-refractivity contribution in [2.45, 2.75) is 27.3 Å². The van der Waals surface area contributed by atoms with Crippen LogP contribution < -0.4 is 10.6 Å². The molecule has 0 aliphatic rings. The van der Waals surface area contributed by atoms with Crippen molar-refractivity contribution < 1.29 is 0 Å². The molecule has 3 aromatic rings. The fourth-order valence-corrected chi connectivity index (χ4v) is 2.70. The Morgan fingerprint density at radius 3 is 2.61 bits per heavy atom. The Balaban J connectivity index is 1.64. The zero-order chi connectivity index (χ0) is 16.4. The van der Waals surface area contributed by atoms with Crippen molar-refractivity contribution in [2.24, 2.45) is 0 Å². The highest BCUT2D eigenvalue weighted by Gasteiger charge is 2.06. The van der Waals surface area contributed by atoms with Crippen LogP contribution in [0.25, 0.3) is 11.0 Å². The molecule has 0 aliphatic carbocycles. The zero-order valence-electron chi connectivity index (χ0n) is 13.5. The SMILES string of the molecule is Cc1cc(C)c(NC(=S)NCc2nc3ccccc3[nH]2)cc1C. The summed E-state index contributed by atoms with van der Waals surface area (Å²) in [6.45, 7) is 6.86. The smallest absolute Gasteiger partial charge is 0.171 e. The van der Waals surface area contributed by atoms with Crippen molar-refractivity contribution in [3.63, 3.8) is 0 Å². The van der Waals surface area contributed by atoms with Crippen molar-refractivity contribution in [3.05, 3.63) is 58.9 Å². The highest BCUT2D eigenvalue weighted by atomic mass is 32.1. The molecule has 3 N–H and O–H groups in total. The molecule has 23 heavy (non-hydrogen) atoms. The summed E-state index contributed by atoms with van der Waals surface area (Å²) in [5.74, 6) is 0.868. The van der Waals surface area contributed by atoms with Gasteiger partial charge < -0.3 is 15.6 Å². The summed E-state index contributed by atoms with van der Waals surface area (Å²) in [6.07, 6.45) is 0. The molecule has 0 saturated carbocycles. The van der Waals surface area contributed by atoms with Gasteiger partial charge in [0, 0.05) is 5.69 Å². The molecule has 2 aromatic carbocycles. The van der Waals surface area contributed by atoms with Crippen LogP contribution in [0, 0.1) is 20.8 Å². The highest BCUT2D eigenvalue weighted by Crippen LogP contribution is 2.20. The number of anilines is 1. The van der Waals surface area contributed by atoms with E-state index >= 15 is 0 Å². The molecule has 0 amide bonds. The van der Waals surface area contributed by atoms with E-state index in [-0.39, 0.29) is 0 Å². The van der Waals surface area contributed by atoms with Gasteiger partial charge in [0.25, 0.3) is 0 Å². The molecule has 0 atom stereocenters. The Bertz CT molecular complexity index is 834. The number of H-pyrrole nitrogens is 1. The van der Waals surface area contributed by atoms with Gasteiger partial charge in [-0.25, -0.2) is 4.98 Å². The third kappa shape index (κ3) is 3.51. The maximum Gasteiger partial charge on any atom is 0.171 e. The lowest BCUT2D eigenvalue weighted by Crippen LogP contribution is -2.28. The highest BCUT2D eigenvalue weighted by molar-refractivity contribution is 7.80. The molecule has 0 fully saturated rings. The van der Waals surface area contributed by atoms with Gasteiger partial charge in [-0.05, 0) is 67.9 Å². The molecule has 0 unspecified atom stereocenters. The van der Waals surface area contributed by atoms with Crippen LogP contribution in [-0.2, 0) is 6.54 Å². The minimum absolute atomic E-state index is 0.560.